The maximum Gasteiger partial charge on any atom is 0.237 e. The summed E-state index contributed by atoms with van der Waals surface area (Å²) in [6.45, 7) is 2.15. The molecule has 1 aromatic rings. The van der Waals surface area contributed by atoms with E-state index in [1.807, 2.05) is 12.1 Å². The van der Waals surface area contributed by atoms with E-state index in [1.54, 1.807) is 19.2 Å². The van der Waals surface area contributed by atoms with Gasteiger partial charge in [0.2, 0.25) is 11.8 Å². The van der Waals surface area contributed by atoms with Crippen LogP contribution in [0.4, 0.5) is 5.69 Å². The first-order chi connectivity index (χ1) is 9.63. The van der Waals surface area contributed by atoms with Crippen molar-refractivity contribution < 1.29 is 14.3 Å². The Morgan fingerprint density at radius 3 is 2.55 bits per heavy atom. The smallest absolute Gasteiger partial charge is 0.237 e. The molecule has 0 radical (unpaired) electrons. The van der Waals surface area contributed by atoms with Gasteiger partial charge >= 0.3 is 0 Å². The SMILES string of the molecule is COc1ccccc1N1C(=O)[C@@H]2CC[C@H](C)C[C@H]2C1=O. The lowest BCUT2D eigenvalue weighted by Gasteiger charge is -2.25. The molecule has 0 aromatic heterocycles. The van der Waals surface area contributed by atoms with Crippen molar-refractivity contribution in [2.45, 2.75) is 26.2 Å². The van der Waals surface area contributed by atoms with Crippen molar-refractivity contribution in [3.63, 3.8) is 0 Å². The van der Waals surface area contributed by atoms with E-state index in [2.05, 4.69) is 6.92 Å². The van der Waals surface area contributed by atoms with Gasteiger partial charge in [-0.05, 0) is 37.3 Å². The quantitative estimate of drug-likeness (QED) is 0.778. The minimum absolute atomic E-state index is 0.0589. The summed E-state index contributed by atoms with van der Waals surface area (Å²) in [5, 5.41) is 0. The molecule has 0 N–H and O–H groups in total. The first kappa shape index (κ1) is 13.2. The minimum atomic E-state index is -0.142. The van der Waals surface area contributed by atoms with Crippen LogP contribution in [0.25, 0.3) is 0 Å². The van der Waals surface area contributed by atoms with E-state index in [1.165, 1.54) is 4.90 Å². The monoisotopic (exact) mass is 273 g/mol. The zero-order valence-corrected chi connectivity index (χ0v) is 11.8. The molecule has 2 fully saturated rings. The molecule has 1 aliphatic heterocycles. The third-order valence-electron chi connectivity index (χ3n) is 4.51. The largest absolute Gasteiger partial charge is 0.495 e. The van der Waals surface area contributed by atoms with E-state index >= 15 is 0 Å². The van der Waals surface area contributed by atoms with Gasteiger partial charge in [0.05, 0.1) is 24.6 Å². The number of carbonyl (C=O) groups excluding carboxylic acids is 2. The van der Waals surface area contributed by atoms with Crippen molar-refractivity contribution in [1.29, 1.82) is 0 Å². The molecule has 1 saturated carbocycles. The molecule has 20 heavy (non-hydrogen) atoms. The van der Waals surface area contributed by atoms with Gasteiger partial charge in [0.15, 0.2) is 0 Å². The van der Waals surface area contributed by atoms with Crippen molar-refractivity contribution >= 4 is 17.5 Å². The molecule has 1 heterocycles. The van der Waals surface area contributed by atoms with E-state index in [9.17, 15) is 9.59 Å². The number of hydrogen-bond acceptors (Lipinski definition) is 3. The van der Waals surface area contributed by atoms with Gasteiger partial charge in [0, 0.05) is 0 Å². The summed E-state index contributed by atoms with van der Waals surface area (Å²) in [6.07, 6.45) is 2.67. The number of imide groups is 1. The summed E-state index contributed by atoms with van der Waals surface area (Å²) in [7, 11) is 1.55. The van der Waals surface area contributed by atoms with Gasteiger partial charge in [-0.1, -0.05) is 19.1 Å². The van der Waals surface area contributed by atoms with Crippen LogP contribution >= 0.6 is 0 Å². The molecular weight excluding hydrogens is 254 g/mol. The predicted octanol–water partition coefficient (Wildman–Crippen LogP) is 2.62. The lowest BCUT2D eigenvalue weighted by Crippen LogP contribution is -2.31. The standard InChI is InChI=1S/C16H19NO3/c1-10-7-8-11-12(9-10)16(19)17(15(11)18)13-5-3-4-6-14(13)20-2/h3-6,10-12H,7-9H2,1-2H3/t10-,11+,12+/m0/s1. The molecular formula is C16H19NO3. The number of benzene rings is 1. The fourth-order valence-corrected chi connectivity index (χ4v) is 3.44. The Bertz CT molecular complexity index is 554. The summed E-state index contributed by atoms with van der Waals surface area (Å²) in [6, 6.07) is 7.21. The van der Waals surface area contributed by atoms with E-state index in [0.717, 1.165) is 19.3 Å². The molecule has 3 atom stereocenters. The molecule has 0 unspecified atom stereocenters. The zero-order chi connectivity index (χ0) is 14.3. The molecule has 0 bridgehead atoms. The van der Waals surface area contributed by atoms with Gasteiger partial charge in [0.25, 0.3) is 0 Å². The summed E-state index contributed by atoms with van der Waals surface area (Å²) in [4.78, 5) is 26.5. The highest BCUT2D eigenvalue weighted by atomic mass is 16.5. The number of rotatable bonds is 2. The lowest BCUT2D eigenvalue weighted by atomic mass is 9.76. The van der Waals surface area contributed by atoms with Crippen molar-refractivity contribution in [2.24, 2.45) is 17.8 Å². The van der Waals surface area contributed by atoms with Crippen molar-refractivity contribution in [2.75, 3.05) is 12.0 Å². The maximum absolute atomic E-state index is 12.6. The number of nitrogens with zero attached hydrogens (tertiary/aromatic N) is 1. The second-order valence-corrected chi connectivity index (χ2v) is 5.81. The van der Waals surface area contributed by atoms with Gasteiger partial charge in [-0.15, -0.1) is 0 Å². The van der Waals surface area contributed by atoms with Gasteiger partial charge in [-0.2, -0.15) is 0 Å². The average Bonchev–Trinajstić information content (AvgIpc) is 2.70. The van der Waals surface area contributed by atoms with Gasteiger partial charge in [0.1, 0.15) is 5.75 Å². The lowest BCUT2D eigenvalue weighted by molar-refractivity contribution is -0.122. The van der Waals surface area contributed by atoms with Crippen LogP contribution in [0, 0.1) is 17.8 Å². The van der Waals surface area contributed by atoms with Crippen LogP contribution in [0.15, 0.2) is 24.3 Å². The Morgan fingerprint density at radius 2 is 1.80 bits per heavy atom. The molecule has 3 rings (SSSR count). The number of methoxy groups -OCH3 is 1. The molecule has 4 heteroatoms. The third-order valence-corrected chi connectivity index (χ3v) is 4.51. The molecule has 1 saturated heterocycles. The highest BCUT2D eigenvalue weighted by Gasteiger charge is 2.50. The van der Waals surface area contributed by atoms with Gasteiger partial charge in [-0.25, -0.2) is 4.90 Å². The van der Waals surface area contributed by atoms with Crippen molar-refractivity contribution in [1.82, 2.24) is 0 Å². The van der Waals surface area contributed by atoms with Crippen LogP contribution in [0.3, 0.4) is 0 Å². The van der Waals surface area contributed by atoms with E-state index in [4.69, 9.17) is 4.74 Å². The number of fused-ring (bicyclic) bond motifs is 1. The van der Waals surface area contributed by atoms with Crippen LogP contribution in [0.1, 0.15) is 26.2 Å². The van der Waals surface area contributed by atoms with Crippen LogP contribution in [-0.4, -0.2) is 18.9 Å². The predicted molar refractivity (Wildman–Crippen MR) is 75.5 cm³/mol. The van der Waals surface area contributed by atoms with E-state index in [0.29, 0.717) is 17.4 Å². The Morgan fingerprint density at radius 1 is 1.10 bits per heavy atom. The molecule has 1 aliphatic carbocycles. The molecule has 1 aromatic carbocycles. The Labute approximate surface area is 118 Å². The zero-order valence-electron chi connectivity index (χ0n) is 11.8. The maximum atomic E-state index is 12.6. The second-order valence-electron chi connectivity index (χ2n) is 5.81. The highest BCUT2D eigenvalue weighted by Crippen LogP contribution is 2.43. The number of hydrogen-bond donors (Lipinski definition) is 0. The van der Waals surface area contributed by atoms with Gasteiger partial charge in [-0.3, -0.25) is 9.59 Å². The number of amides is 2. The van der Waals surface area contributed by atoms with Gasteiger partial charge < -0.3 is 4.74 Å². The first-order valence-corrected chi connectivity index (χ1v) is 7.14. The molecule has 106 valence electrons. The van der Waals surface area contributed by atoms with Crippen LogP contribution in [-0.2, 0) is 9.59 Å². The summed E-state index contributed by atoms with van der Waals surface area (Å²) >= 11 is 0. The number of para-hydroxylation sites is 2. The molecule has 4 nitrogen and oxygen atoms in total. The normalized spacial score (nSPS) is 29.5. The summed E-state index contributed by atoms with van der Waals surface area (Å²) in [5.41, 5.74) is 0.576. The van der Waals surface area contributed by atoms with E-state index < -0.39 is 0 Å². The molecule has 2 aliphatic rings. The number of ether oxygens (including phenoxy) is 1. The van der Waals surface area contributed by atoms with Crippen LogP contribution < -0.4 is 9.64 Å². The highest BCUT2D eigenvalue weighted by molar-refractivity contribution is 6.22. The van der Waals surface area contributed by atoms with Crippen LogP contribution in [0.2, 0.25) is 0 Å². The fraction of sp³-hybridized carbons (Fsp3) is 0.500. The topological polar surface area (TPSA) is 46.6 Å². The first-order valence-electron chi connectivity index (χ1n) is 7.14. The third kappa shape index (κ3) is 1.90. The van der Waals surface area contributed by atoms with Crippen molar-refractivity contribution in [3.05, 3.63) is 24.3 Å². The molecule has 0 spiro atoms. The van der Waals surface area contributed by atoms with E-state index in [-0.39, 0.29) is 23.7 Å². The number of carbonyl (C=O) groups is 2. The average molecular weight is 273 g/mol. The summed E-state index contributed by atoms with van der Waals surface area (Å²) < 4.78 is 5.28. The second kappa shape index (κ2) is 4.93. The minimum Gasteiger partial charge on any atom is -0.495 e. The Hall–Kier alpha value is -1.84. The van der Waals surface area contributed by atoms with Crippen molar-refractivity contribution in [3.8, 4) is 5.75 Å². The molecule has 2 amide bonds. The Kier molecular flexibility index (Phi) is 3.24. The summed E-state index contributed by atoms with van der Waals surface area (Å²) in [5.74, 6) is 0.693. The van der Waals surface area contributed by atoms with Crippen LogP contribution in [0.5, 0.6) is 5.75 Å². The Balaban J connectivity index is 1.98. The number of anilines is 1. The fourth-order valence-electron chi connectivity index (χ4n) is 3.44.